The van der Waals surface area contributed by atoms with E-state index in [1.165, 1.54) is 0 Å². The first-order valence-corrected chi connectivity index (χ1v) is 4.93. The quantitative estimate of drug-likeness (QED) is 0.830. The topological polar surface area (TPSA) is 78.1 Å². The second-order valence-corrected chi connectivity index (χ2v) is 3.36. The van der Waals surface area contributed by atoms with Crippen molar-refractivity contribution in [2.45, 2.75) is 25.8 Å². The van der Waals surface area contributed by atoms with E-state index >= 15 is 0 Å². The Kier molecular flexibility index (Phi) is 2.82. The van der Waals surface area contributed by atoms with E-state index < -0.39 is 0 Å². The molecule has 0 spiro atoms. The zero-order valence-corrected chi connectivity index (χ0v) is 8.51. The highest BCUT2D eigenvalue weighted by atomic mass is 16.5. The molecule has 0 aliphatic heterocycles. The van der Waals surface area contributed by atoms with E-state index in [1.54, 1.807) is 18.6 Å². The molecule has 2 N–H and O–H groups in total. The number of rotatable bonds is 4. The lowest BCUT2D eigenvalue weighted by atomic mass is 10.2. The molecule has 2 aromatic heterocycles. The van der Waals surface area contributed by atoms with Gasteiger partial charge < -0.3 is 14.7 Å². The largest absolute Gasteiger partial charge is 0.472 e. The fourth-order valence-electron chi connectivity index (χ4n) is 1.33. The first kappa shape index (κ1) is 9.92. The molecule has 1 atom stereocenters. The van der Waals surface area contributed by atoms with Crippen molar-refractivity contribution in [3.05, 3.63) is 24.5 Å². The Labute approximate surface area is 87.3 Å². The van der Waals surface area contributed by atoms with Crippen molar-refractivity contribution in [1.82, 2.24) is 10.1 Å². The predicted molar refractivity (Wildman–Crippen MR) is 53.8 cm³/mol. The first-order valence-electron chi connectivity index (χ1n) is 4.93. The molecule has 0 aliphatic carbocycles. The molecule has 0 bridgehead atoms. The van der Waals surface area contributed by atoms with Crippen molar-refractivity contribution in [1.29, 1.82) is 0 Å². The van der Waals surface area contributed by atoms with Crippen LogP contribution in [-0.4, -0.2) is 10.1 Å². The lowest BCUT2D eigenvalue weighted by Crippen LogP contribution is -2.09. The monoisotopic (exact) mass is 207 g/mol. The SMILES string of the molecule is CCC[C@H](N)c1nc(-c2ccoc2)no1. The number of furan rings is 1. The molecule has 0 saturated heterocycles. The van der Waals surface area contributed by atoms with E-state index in [0.717, 1.165) is 18.4 Å². The van der Waals surface area contributed by atoms with Crippen molar-refractivity contribution >= 4 is 0 Å². The van der Waals surface area contributed by atoms with Crippen LogP contribution in [0.1, 0.15) is 31.7 Å². The van der Waals surface area contributed by atoms with Crippen LogP contribution in [0.3, 0.4) is 0 Å². The molecule has 0 amide bonds. The van der Waals surface area contributed by atoms with Gasteiger partial charge in [-0.3, -0.25) is 0 Å². The van der Waals surface area contributed by atoms with Crippen molar-refractivity contribution in [3.63, 3.8) is 0 Å². The van der Waals surface area contributed by atoms with Crippen LogP contribution in [-0.2, 0) is 0 Å². The van der Waals surface area contributed by atoms with Crippen molar-refractivity contribution < 1.29 is 8.94 Å². The number of aromatic nitrogens is 2. The third-order valence-electron chi connectivity index (χ3n) is 2.14. The lowest BCUT2D eigenvalue weighted by molar-refractivity contribution is 0.348. The normalized spacial score (nSPS) is 12.9. The maximum absolute atomic E-state index is 5.85. The smallest absolute Gasteiger partial charge is 0.243 e. The van der Waals surface area contributed by atoms with Crippen LogP contribution in [0.25, 0.3) is 11.4 Å². The molecule has 2 aromatic rings. The summed E-state index contributed by atoms with van der Waals surface area (Å²) in [5.74, 6) is 0.998. The Morgan fingerprint density at radius 1 is 1.53 bits per heavy atom. The van der Waals surface area contributed by atoms with Crippen molar-refractivity contribution in [2.24, 2.45) is 5.73 Å². The molecule has 80 valence electrons. The summed E-state index contributed by atoms with van der Waals surface area (Å²) in [4.78, 5) is 4.21. The molecule has 15 heavy (non-hydrogen) atoms. The van der Waals surface area contributed by atoms with Crippen molar-refractivity contribution in [3.8, 4) is 11.4 Å². The Bertz CT molecular complexity index is 408. The van der Waals surface area contributed by atoms with Crippen LogP contribution < -0.4 is 5.73 Å². The van der Waals surface area contributed by atoms with Gasteiger partial charge in [-0.1, -0.05) is 18.5 Å². The summed E-state index contributed by atoms with van der Waals surface area (Å²) in [6.45, 7) is 2.06. The summed E-state index contributed by atoms with van der Waals surface area (Å²) in [6, 6.07) is 1.60. The minimum absolute atomic E-state index is 0.178. The molecule has 0 aliphatic rings. The van der Waals surface area contributed by atoms with Gasteiger partial charge in [-0.2, -0.15) is 4.98 Å². The Balaban J connectivity index is 2.17. The van der Waals surface area contributed by atoms with Crippen LogP contribution in [0.2, 0.25) is 0 Å². The highest BCUT2D eigenvalue weighted by Crippen LogP contribution is 2.19. The van der Waals surface area contributed by atoms with Gasteiger partial charge in [-0.15, -0.1) is 0 Å². The van der Waals surface area contributed by atoms with E-state index in [0.29, 0.717) is 11.7 Å². The maximum Gasteiger partial charge on any atom is 0.243 e. The summed E-state index contributed by atoms with van der Waals surface area (Å²) in [7, 11) is 0. The predicted octanol–water partition coefficient (Wildman–Crippen LogP) is 2.13. The van der Waals surface area contributed by atoms with Crippen LogP contribution in [0.15, 0.2) is 27.5 Å². The van der Waals surface area contributed by atoms with Gasteiger partial charge >= 0.3 is 0 Å². The molecule has 0 saturated carbocycles. The zero-order valence-electron chi connectivity index (χ0n) is 8.51. The van der Waals surface area contributed by atoms with Crippen molar-refractivity contribution in [2.75, 3.05) is 0 Å². The summed E-state index contributed by atoms with van der Waals surface area (Å²) >= 11 is 0. The second kappa shape index (κ2) is 4.27. The molecule has 0 radical (unpaired) electrons. The molecule has 5 heteroatoms. The minimum Gasteiger partial charge on any atom is -0.472 e. The van der Waals surface area contributed by atoms with Gasteiger partial charge in [0.2, 0.25) is 11.7 Å². The average Bonchev–Trinajstić information content (AvgIpc) is 2.89. The lowest BCUT2D eigenvalue weighted by Gasteiger charge is -2.01. The van der Waals surface area contributed by atoms with Gasteiger partial charge in [0.05, 0.1) is 17.9 Å². The Morgan fingerprint density at radius 3 is 3.07 bits per heavy atom. The standard InChI is InChI=1S/C10H13N3O2/c1-2-3-8(11)10-12-9(13-15-10)7-4-5-14-6-7/h4-6,8H,2-3,11H2,1H3/t8-/m0/s1. The summed E-state index contributed by atoms with van der Waals surface area (Å²) in [6.07, 6.45) is 4.97. The molecule has 0 unspecified atom stereocenters. The van der Waals surface area contributed by atoms with E-state index in [9.17, 15) is 0 Å². The van der Waals surface area contributed by atoms with Gasteiger partial charge in [-0.05, 0) is 12.5 Å². The summed E-state index contributed by atoms with van der Waals surface area (Å²) in [5, 5.41) is 3.84. The average molecular weight is 207 g/mol. The second-order valence-electron chi connectivity index (χ2n) is 3.36. The third-order valence-corrected chi connectivity index (χ3v) is 2.14. The van der Waals surface area contributed by atoms with E-state index in [4.69, 9.17) is 14.7 Å². The number of hydrogen-bond acceptors (Lipinski definition) is 5. The number of nitrogens with two attached hydrogens (primary N) is 1. The fourth-order valence-corrected chi connectivity index (χ4v) is 1.33. The highest BCUT2D eigenvalue weighted by molar-refractivity contribution is 5.51. The minimum atomic E-state index is -0.178. The Morgan fingerprint density at radius 2 is 2.40 bits per heavy atom. The highest BCUT2D eigenvalue weighted by Gasteiger charge is 2.15. The summed E-state index contributed by atoms with van der Waals surface area (Å²) in [5.41, 5.74) is 6.65. The molecule has 0 fully saturated rings. The molecular formula is C10H13N3O2. The molecule has 2 rings (SSSR count). The van der Waals surface area contributed by atoms with E-state index in [1.807, 2.05) is 0 Å². The molecular weight excluding hydrogens is 194 g/mol. The first-order chi connectivity index (χ1) is 7.31. The third kappa shape index (κ3) is 2.07. The molecule has 0 aromatic carbocycles. The van der Waals surface area contributed by atoms with Gasteiger partial charge in [0.25, 0.3) is 0 Å². The number of hydrogen-bond donors (Lipinski definition) is 1. The molecule has 5 nitrogen and oxygen atoms in total. The Hall–Kier alpha value is -1.62. The van der Waals surface area contributed by atoms with Crippen LogP contribution >= 0.6 is 0 Å². The van der Waals surface area contributed by atoms with E-state index in [2.05, 4.69) is 17.1 Å². The van der Waals surface area contributed by atoms with Gasteiger partial charge in [0.15, 0.2) is 0 Å². The number of nitrogens with zero attached hydrogens (tertiary/aromatic N) is 2. The van der Waals surface area contributed by atoms with Crippen LogP contribution in [0.4, 0.5) is 0 Å². The van der Waals surface area contributed by atoms with Crippen LogP contribution in [0, 0.1) is 0 Å². The van der Waals surface area contributed by atoms with Crippen LogP contribution in [0.5, 0.6) is 0 Å². The fraction of sp³-hybridized carbons (Fsp3) is 0.400. The van der Waals surface area contributed by atoms with E-state index in [-0.39, 0.29) is 6.04 Å². The molecule has 2 heterocycles. The zero-order chi connectivity index (χ0) is 10.7. The summed E-state index contributed by atoms with van der Waals surface area (Å²) < 4.78 is 10.0. The van der Waals surface area contributed by atoms with Gasteiger partial charge in [0.1, 0.15) is 6.26 Å². The maximum atomic E-state index is 5.85. The van der Waals surface area contributed by atoms with Gasteiger partial charge in [-0.25, -0.2) is 0 Å². The van der Waals surface area contributed by atoms with Gasteiger partial charge in [0, 0.05) is 0 Å².